The van der Waals surface area contributed by atoms with Crippen LogP contribution in [0.15, 0.2) is 17.6 Å². The number of hydrogen-bond acceptors (Lipinski definition) is 6. The lowest BCUT2D eigenvalue weighted by Gasteiger charge is -2.05. The summed E-state index contributed by atoms with van der Waals surface area (Å²) in [6.07, 6.45) is 3.56. The van der Waals surface area contributed by atoms with E-state index in [-0.39, 0.29) is 11.6 Å². The highest BCUT2D eigenvalue weighted by Gasteiger charge is 2.14. The van der Waals surface area contributed by atoms with Crippen LogP contribution in [0.3, 0.4) is 0 Å². The molecule has 1 atom stereocenters. The second-order valence-corrected chi connectivity index (χ2v) is 5.20. The van der Waals surface area contributed by atoms with Gasteiger partial charge in [0.1, 0.15) is 6.04 Å². The minimum absolute atomic E-state index is 0.0549. The molecule has 0 aliphatic carbocycles. The number of aromatic nitrogens is 2. The lowest BCUT2D eigenvalue weighted by Crippen LogP contribution is -2.32. The van der Waals surface area contributed by atoms with Crippen molar-refractivity contribution in [1.29, 1.82) is 0 Å². The third-order valence-corrected chi connectivity index (χ3v) is 2.66. The molecule has 0 fully saturated rings. The smallest absolute Gasteiger partial charge is 0.320 e. The van der Waals surface area contributed by atoms with E-state index in [1.807, 2.05) is 0 Å². The quantitative estimate of drug-likeness (QED) is 0.641. The average Bonchev–Trinajstić information content (AvgIpc) is 2.17. The third-order valence-electron chi connectivity index (χ3n) is 1.79. The number of rotatable bonds is 4. The van der Waals surface area contributed by atoms with Gasteiger partial charge in [0, 0.05) is 25.1 Å². The first kappa shape index (κ1) is 12.5. The van der Waals surface area contributed by atoms with Crippen LogP contribution in [0.1, 0.15) is 5.56 Å². The van der Waals surface area contributed by atoms with Crippen molar-refractivity contribution in [3.8, 4) is 0 Å². The maximum absolute atomic E-state index is 11.0. The molecule has 3 N–H and O–H groups in total. The molecule has 0 amide bonds. The summed E-state index contributed by atoms with van der Waals surface area (Å²) < 4.78 is 22.1. The fraction of sp³-hybridized carbons (Fsp3) is 0.375. The number of hydrogen-bond donors (Lipinski definition) is 2. The molecule has 0 aliphatic heterocycles. The summed E-state index contributed by atoms with van der Waals surface area (Å²) in [5, 5.41) is 8.27. The van der Waals surface area contributed by atoms with Crippen molar-refractivity contribution in [2.24, 2.45) is 5.73 Å². The van der Waals surface area contributed by atoms with E-state index in [1.165, 1.54) is 12.4 Å². The molecule has 88 valence electrons. The number of nitrogens with two attached hydrogens (primary N) is 1. The van der Waals surface area contributed by atoms with E-state index in [2.05, 4.69) is 9.97 Å². The highest BCUT2D eigenvalue weighted by atomic mass is 32.2. The molecule has 1 aromatic rings. The van der Waals surface area contributed by atoms with Gasteiger partial charge < -0.3 is 10.8 Å². The van der Waals surface area contributed by atoms with Crippen LogP contribution in [-0.2, 0) is 21.1 Å². The van der Waals surface area contributed by atoms with Gasteiger partial charge in [-0.3, -0.25) is 4.79 Å². The largest absolute Gasteiger partial charge is 0.480 e. The van der Waals surface area contributed by atoms with Gasteiger partial charge in [-0.05, 0) is 5.56 Å². The minimum atomic E-state index is -3.43. The standard InChI is InChI=1S/C8H11N3O4S/c1-16(14,15)8-10-3-5(4-11-8)2-6(9)7(12)13/h3-4,6H,2,9H2,1H3,(H,12,13). The number of nitrogens with zero attached hydrogens (tertiary/aromatic N) is 2. The lowest BCUT2D eigenvalue weighted by atomic mass is 10.1. The van der Waals surface area contributed by atoms with Crippen LogP contribution in [0.2, 0.25) is 0 Å². The molecule has 0 aliphatic rings. The summed E-state index contributed by atoms with van der Waals surface area (Å²) in [4.78, 5) is 17.7. The topological polar surface area (TPSA) is 123 Å². The van der Waals surface area contributed by atoms with Crippen molar-refractivity contribution in [2.75, 3.05) is 6.26 Å². The normalized spacial score (nSPS) is 13.4. The van der Waals surface area contributed by atoms with Crippen LogP contribution < -0.4 is 5.73 Å². The Bertz CT molecular complexity index is 483. The molecule has 16 heavy (non-hydrogen) atoms. The van der Waals surface area contributed by atoms with E-state index in [4.69, 9.17) is 10.8 Å². The van der Waals surface area contributed by atoms with Crippen LogP contribution in [-0.4, -0.2) is 41.8 Å². The predicted molar refractivity (Wildman–Crippen MR) is 54.5 cm³/mol. The van der Waals surface area contributed by atoms with Gasteiger partial charge in [-0.15, -0.1) is 0 Å². The van der Waals surface area contributed by atoms with E-state index < -0.39 is 21.8 Å². The summed E-state index contributed by atoms with van der Waals surface area (Å²) in [5.74, 6) is -1.13. The maximum Gasteiger partial charge on any atom is 0.320 e. The van der Waals surface area contributed by atoms with Gasteiger partial charge in [-0.1, -0.05) is 0 Å². The van der Waals surface area contributed by atoms with Crippen molar-refractivity contribution in [3.63, 3.8) is 0 Å². The first-order valence-corrected chi connectivity index (χ1v) is 6.19. The molecular formula is C8H11N3O4S. The molecule has 1 aromatic heterocycles. The van der Waals surface area contributed by atoms with Gasteiger partial charge in [-0.25, -0.2) is 18.4 Å². The van der Waals surface area contributed by atoms with Gasteiger partial charge in [0.25, 0.3) is 0 Å². The SMILES string of the molecule is CS(=O)(=O)c1ncc(CC(N)C(=O)O)cn1. The summed E-state index contributed by atoms with van der Waals surface area (Å²) in [6, 6.07) is -1.05. The number of carboxylic acid groups (broad SMARTS) is 1. The van der Waals surface area contributed by atoms with E-state index >= 15 is 0 Å². The number of carbonyl (C=O) groups is 1. The molecular weight excluding hydrogens is 234 g/mol. The Kier molecular flexibility index (Phi) is 3.55. The Balaban J connectivity index is 2.84. The van der Waals surface area contributed by atoms with Crippen LogP contribution in [0.25, 0.3) is 0 Å². The summed E-state index contributed by atoms with van der Waals surface area (Å²) in [7, 11) is -3.43. The van der Waals surface area contributed by atoms with Gasteiger partial charge in [0.05, 0.1) is 0 Å². The van der Waals surface area contributed by atoms with E-state index in [9.17, 15) is 13.2 Å². The monoisotopic (exact) mass is 245 g/mol. The molecule has 0 spiro atoms. The molecule has 0 saturated heterocycles. The van der Waals surface area contributed by atoms with Crippen LogP contribution in [0.5, 0.6) is 0 Å². The lowest BCUT2D eigenvalue weighted by molar-refractivity contribution is -0.138. The first-order chi connectivity index (χ1) is 7.30. The predicted octanol–water partition coefficient (Wildman–Crippen LogP) is -1.17. The third kappa shape index (κ3) is 3.24. The van der Waals surface area contributed by atoms with Crippen LogP contribution in [0, 0.1) is 0 Å². The fourth-order valence-electron chi connectivity index (χ4n) is 0.981. The van der Waals surface area contributed by atoms with Crippen molar-refractivity contribution < 1.29 is 18.3 Å². The van der Waals surface area contributed by atoms with Gasteiger partial charge in [0.15, 0.2) is 0 Å². The summed E-state index contributed by atoms with van der Waals surface area (Å²) in [5.41, 5.74) is 5.77. The molecule has 1 heterocycles. The van der Waals surface area contributed by atoms with Crippen molar-refractivity contribution in [2.45, 2.75) is 17.6 Å². The second kappa shape index (κ2) is 4.54. The Morgan fingerprint density at radius 1 is 1.50 bits per heavy atom. The van der Waals surface area contributed by atoms with Crippen molar-refractivity contribution in [1.82, 2.24) is 9.97 Å². The number of sulfone groups is 1. The zero-order valence-electron chi connectivity index (χ0n) is 8.49. The van der Waals surface area contributed by atoms with E-state index in [0.717, 1.165) is 6.26 Å². The average molecular weight is 245 g/mol. The van der Waals surface area contributed by atoms with Crippen LogP contribution >= 0.6 is 0 Å². The molecule has 0 aromatic carbocycles. The highest BCUT2D eigenvalue weighted by molar-refractivity contribution is 7.90. The second-order valence-electron chi connectivity index (χ2n) is 3.29. The molecule has 0 radical (unpaired) electrons. The molecule has 1 rings (SSSR count). The number of carboxylic acids is 1. The maximum atomic E-state index is 11.0. The highest BCUT2D eigenvalue weighted by Crippen LogP contribution is 2.04. The Morgan fingerprint density at radius 3 is 2.38 bits per heavy atom. The molecule has 8 heteroatoms. The summed E-state index contributed by atoms with van der Waals surface area (Å²) >= 11 is 0. The van der Waals surface area contributed by atoms with Crippen molar-refractivity contribution >= 4 is 15.8 Å². The summed E-state index contributed by atoms with van der Waals surface area (Å²) in [6.45, 7) is 0. The molecule has 7 nitrogen and oxygen atoms in total. The molecule has 0 saturated carbocycles. The van der Waals surface area contributed by atoms with Gasteiger partial charge in [-0.2, -0.15) is 0 Å². The van der Waals surface area contributed by atoms with Gasteiger partial charge >= 0.3 is 5.97 Å². The first-order valence-electron chi connectivity index (χ1n) is 4.30. The molecule has 0 bridgehead atoms. The van der Waals surface area contributed by atoms with Crippen LogP contribution in [0.4, 0.5) is 0 Å². The minimum Gasteiger partial charge on any atom is -0.480 e. The molecule has 1 unspecified atom stereocenters. The van der Waals surface area contributed by atoms with Gasteiger partial charge in [0.2, 0.25) is 15.0 Å². The van der Waals surface area contributed by atoms with E-state index in [0.29, 0.717) is 5.56 Å². The van der Waals surface area contributed by atoms with E-state index in [1.54, 1.807) is 0 Å². The van der Waals surface area contributed by atoms with Crippen molar-refractivity contribution in [3.05, 3.63) is 18.0 Å². The Hall–Kier alpha value is -1.54. The zero-order chi connectivity index (χ0) is 12.3. The number of aliphatic carboxylic acids is 1. The Labute approximate surface area is 92.3 Å². The zero-order valence-corrected chi connectivity index (χ0v) is 9.31. The fourth-order valence-corrected chi connectivity index (χ4v) is 1.47. The Morgan fingerprint density at radius 2 is 2.00 bits per heavy atom.